The average molecular weight is 345 g/mol. The molecule has 4 aliphatic carbocycles. The Kier molecular flexibility index (Phi) is 4.05. The highest BCUT2D eigenvalue weighted by atomic mass is 16.3. The maximum atomic E-state index is 10.7. The van der Waals surface area contributed by atoms with Gasteiger partial charge in [0.2, 0.25) is 0 Å². The van der Waals surface area contributed by atoms with Crippen LogP contribution in [0.2, 0.25) is 0 Å². The zero-order valence-electron chi connectivity index (χ0n) is 17.3. The van der Waals surface area contributed by atoms with Gasteiger partial charge in [0.05, 0.1) is 5.60 Å². The monoisotopic (exact) mass is 344 g/mol. The zero-order chi connectivity index (χ0) is 18.2. The van der Waals surface area contributed by atoms with E-state index in [9.17, 15) is 5.11 Å². The van der Waals surface area contributed by atoms with E-state index >= 15 is 0 Å². The van der Waals surface area contributed by atoms with Crippen LogP contribution < -0.4 is 0 Å². The van der Waals surface area contributed by atoms with Crippen molar-refractivity contribution in [3.63, 3.8) is 0 Å². The molecule has 0 heterocycles. The van der Waals surface area contributed by atoms with E-state index in [1.165, 1.54) is 44.1 Å². The molecule has 0 spiro atoms. The third-order valence-electron chi connectivity index (χ3n) is 9.60. The standard InChI is InChI=1S/C24H40O/c1-15(2)19-7-8-20-18-13-22(3,4)21-14-23(5,25)11-9-17(21)16(18)10-12-24(19,20)6/h16-21,25H,1,7-14H2,2-6H3/t16-,17-,18-,19-,20+,21+,23-,24-/m1/s1. The maximum absolute atomic E-state index is 10.7. The number of rotatable bonds is 1. The first kappa shape index (κ1) is 18.1. The maximum Gasteiger partial charge on any atom is 0.0622 e. The van der Waals surface area contributed by atoms with Crippen molar-refractivity contribution in [2.24, 2.45) is 46.3 Å². The van der Waals surface area contributed by atoms with Crippen molar-refractivity contribution in [1.29, 1.82) is 0 Å². The van der Waals surface area contributed by atoms with Crippen LogP contribution in [0.3, 0.4) is 0 Å². The summed E-state index contributed by atoms with van der Waals surface area (Å²) in [4.78, 5) is 0. The summed E-state index contributed by atoms with van der Waals surface area (Å²) < 4.78 is 0. The Labute approximate surface area is 155 Å². The Morgan fingerprint density at radius 3 is 2.20 bits per heavy atom. The van der Waals surface area contributed by atoms with Gasteiger partial charge < -0.3 is 5.11 Å². The van der Waals surface area contributed by atoms with Crippen molar-refractivity contribution in [2.75, 3.05) is 0 Å². The Morgan fingerprint density at radius 2 is 1.52 bits per heavy atom. The van der Waals surface area contributed by atoms with E-state index in [1.807, 2.05) is 0 Å². The lowest BCUT2D eigenvalue weighted by Crippen LogP contribution is -2.55. The van der Waals surface area contributed by atoms with Crippen molar-refractivity contribution >= 4 is 0 Å². The van der Waals surface area contributed by atoms with Gasteiger partial charge in [-0.1, -0.05) is 32.9 Å². The average Bonchev–Trinajstić information content (AvgIpc) is 2.84. The SMILES string of the molecule is C=C(C)[C@H]1CC[C@H]2[C@@H]3CC(C)(C)[C@H]4C[C@](C)(O)CC[C@@H]4[C@H]3CC[C@]12C. The van der Waals surface area contributed by atoms with Gasteiger partial charge >= 0.3 is 0 Å². The van der Waals surface area contributed by atoms with Gasteiger partial charge in [0, 0.05) is 0 Å². The molecule has 0 aromatic rings. The summed E-state index contributed by atoms with van der Waals surface area (Å²) >= 11 is 0. The van der Waals surface area contributed by atoms with E-state index in [0.717, 1.165) is 48.3 Å². The van der Waals surface area contributed by atoms with Crippen molar-refractivity contribution in [3.05, 3.63) is 12.2 Å². The van der Waals surface area contributed by atoms with E-state index in [4.69, 9.17) is 0 Å². The molecule has 8 atom stereocenters. The van der Waals surface area contributed by atoms with Crippen LogP contribution in [0.25, 0.3) is 0 Å². The molecular formula is C24H40O. The van der Waals surface area contributed by atoms with Gasteiger partial charge in [0.1, 0.15) is 0 Å². The molecule has 0 amide bonds. The van der Waals surface area contributed by atoms with Gasteiger partial charge in [-0.25, -0.2) is 0 Å². The normalized spacial score (nSPS) is 54.3. The lowest BCUT2D eigenvalue weighted by molar-refractivity contribution is -0.144. The lowest BCUT2D eigenvalue weighted by Gasteiger charge is -2.61. The third kappa shape index (κ3) is 2.67. The first-order chi connectivity index (χ1) is 11.6. The molecule has 1 heteroatoms. The molecule has 0 radical (unpaired) electrons. The van der Waals surface area contributed by atoms with Crippen LogP contribution in [0.4, 0.5) is 0 Å². The van der Waals surface area contributed by atoms with Gasteiger partial charge in [-0.2, -0.15) is 0 Å². The number of allylic oxidation sites excluding steroid dienone is 1. The Morgan fingerprint density at radius 1 is 0.840 bits per heavy atom. The number of hydrogen-bond donors (Lipinski definition) is 1. The van der Waals surface area contributed by atoms with E-state index in [-0.39, 0.29) is 0 Å². The minimum absolute atomic E-state index is 0.385. The molecule has 0 aromatic heterocycles. The Bertz CT molecular complexity index is 558. The fourth-order valence-corrected chi connectivity index (χ4v) is 8.48. The molecule has 0 aliphatic heterocycles. The molecule has 0 saturated heterocycles. The van der Waals surface area contributed by atoms with Crippen LogP contribution in [0.1, 0.15) is 86.0 Å². The van der Waals surface area contributed by atoms with E-state index in [2.05, 4.69) is 41.2 Å². The molecular weight excluding hydrogens is 304 g/mol. The van der Waals surface area contributed by atoms with Crippen LogP contribution in [0, 0.1) is 46.3 Å². The molecule has 0 unspecified atom stereocenters. The number of fused-ring (bicyclic) bond motifs is 5. The summed E-state index contributed by atoms with van der Waals surface area (Å²) in [6.45, 7) is 16.3. The molecule has 0 aromatic carbocycles. The third-order valence-corrected chi connectivity index (χ3v) is 9.60. The topological polar surface area (TPSA) is 20.2 Å². The highest BCUT2D eigenvalue weighted by molar-refractivity contribution is 5.15. The minimum Gasteiger partial charge on any atom is -0.390 e. The van der Waals surface area contributed by atoms with Crippen LogP contribution in [-0.4, -0.2) is 10.7 Å². The summed E-state index contributed by atoms with van der Waals surface area (Å²) in [6.07, 6.45) is 10.3. The first-order valence-electron chi connectivity index (χ1n) is 10.9. The molecule has 0 bridgehead atoms. The molecule has 142 valence electrons. The second-order valence-corrected chi connectivity index (χ2v) is 11.7. The van der Waals surface area contributed by atoms with Crippen LogP contribution in [0.15, 0.2) is 12.2 Å². The zero-order valence-corrected chi connectivity index (χ0v) is 17.3. The van der Waals surface area contributed by atoms with E-state index in [0.29, 0.717) is 10.8 Å². The molecule has 25 heavy (non-hydrogen) atoms. The van der Waals surface area contributed by atoms with E-state index in [1.54, 1.807) is 0 Å². The molecule has 4 aliphatic rings. The van der Waals surface area contributed by atoms with Crippen molar-refractivity contribution in [1.82, 2.24) is 0 Å². The van der Waals surface area contributed by atoms with Crippen LogP contribution >= 0.6 is 0 Å². The van der Waals surface area contributed by atoms with Crippen molar-refractivity contribution in [2.45, 2.75) is 91.6 Å². The van der Waals surface area contributed by atoms with Gasteiger partial charge in [-0.3, -0.25) is 0 Å². The number of hydrogen-bond acceptors (Lipinski definition) is 1. The van der Waals surface area contributed by atoms with Crippen molar-refractivity contribution < 1.29 is 5.11 Å². The van der Waals surface area contributed by atoms with Crippen molar-refractivity contribution in [3.8, 4) is 0 Å². The number of aliphatic hydroxyl groups is 1. The summed E-state index contributed by atoms with van der Waals surface area (Å²) in [5.41, 5.74) is 1.91. The smallest absolute Gasteiger partial charge is 0.0622 e. The van der Waals surface area contributed by atoms with Gasteiger partial charge in [-0.15, -0.1) is 0 Å². The fraction of sp³-hybridized carbons (Fsp3) is 0.917. The van der Waals surface area contributed by atoms with Crippen LogP contribution in [-0.2, 0) is 0 Å². The lowest BCUT2D eigenvalue weighted by atomic mass is 9.44. The van der Waals surface area contributed by atoms with Gasteiger partial charge in [0.15, 0.2) is 0 Å². The second kappa shape index (κ2) is 5.60. The Hall–Kier alpha value is -0.300. The quantitative estimate of drug-likeness (QED) is 0.560. The minimum atomic E-state index is -0.424. The predicted molar refractivity (Wildman–Crippen MR) is 105 cm³/mol. The summed E-state index contributed by atoms with van der Waals surface area (Å²) in [5.74, 6) is 5.10. The molecule has 4 saturated carbocycles. The fourth-order valence-electron chi connectivity index (χ4n) is 8.48. The molecule has 1 N–H and O–H groups in total. The molecule has 4 fully saturated rings. The highest BCUT2D eigenvalue weighted by Crippen LogP contribution is 2.68. The summed E-state index contributed by atoms with van der Waals surface area (Å²) in [5, 5.41) is 10.7. The molecule has 4 rings (SSSR count). The van der Waals surface area contributed by atoms with Gasteiger partial charge in [0.25, 0.3) is 0 Å². The second-order valence-electron chi connectivity index (χ2n) is 11.7. The Balaban J connectivity index is 1.64. The van der Waals surface area contributed by atoms with E-state index < -0.39 is 5.60 Å². The summed E-state index contributed by atoms with van der Waals surface area (Å²) in [7, 11) is 0. The predicted octanol–water partition coefficient (Wildman–Crippen LogP) is 6.22. The van der Waals surface area contributed by atoms with Crippen LogP contribution in [0.5, 0.6) is 0 Å². The van der Waals surface area contributed by atoms with Gasteiger partial charge in [-0.05, 0) is 112 Å². The highest BCUT2D eigenvalue weighted by Gasteiger charge is 2.60. The molecule has 1 nitrogen and oxygen atoms in total. The largest absolute Gasteiger partial charge is 0.390 e. The summed E-state index contributed by atoms with van der Waals surface area (Å²) in [6, 6.07) is 0. The first-order valence-corrected chi connectivity index (χ1v) is 10.9.